The first kappa shape index (κ1) is 17.9. The van der Waals surface area contributed by atoms with Crippen molar-refractivity contribution in [3.05, 3.63) is 17.0 Å². The first-order valence-corrected chi connectivity index (χ1v) is 8.38. The van der Waals surface area contributed by atoms with Crippen LogP contribution in [0.4, 0.5) is 19.0 Å². The number of fused-ring (bicyclic) bond motifs is 1. The van der Waals surface area contributed by atoms with Gasteiger partial charge >= 0.3 is 6.18 Å². The molecule has 3 heterocycles. The van der Waals surface area contributed by atoms with Gasteiger partial charge in [-0.1, -0.05) is 13.3 Å². The second-order valence-electron chi connectivity index (χ2n) is 6.91. The molecule has 0 aliphatic carbocycles. The molecule has 0 spiro atoms. The van der Waals surface area contributed by atoms with Gasteiger partial charge < -0.3 is 10.0 Å². The summed E-state index contributed by atoms with van der Waals surface area (Å²) >= 11 is 0. The number of hydrogen-bond donors (Lipinski definition) is 1. The van der Waals surface area contributed by atoms with Crippen molar-refractivity contribution in [1.82, 2.24) is 19.8 Å². The Morgan fingerprint density at radius 3 is 2.52 bits per heavy atom. The quantitative estimate of drug-likeness (QED) is 0.911. The van der Waals surface area contributed by atoms with Crippen molar-refractivity contribution in [1.29, 1.82) is 0 Å². The predicted molar refractivity (Wildman–Crippen MR) is 86.5 cm³/mol. The van der Waals surface area contributed by atoms with E-state index in [-0.39, 0.29) is 17.7 Å². The zero-order valence-corrected chi connectivity index (χ0v) is 14.6. The molecular formula is C16H22F3N5O. The van der Waals surface area contributed by atoms with Crippen LogP contribution in [0.2, 0.25) is 0 Å². The molecular weight excluding hydrogens is 335 g/mol. The molecule has 0 radical (unpaired) electrons. The predicted octanol–water partition coefficient (Wildman–Crippen LogP) is 2.75. The summed E-state index contributed by atoms with van der Waals surface area (Å²) in [5, 5.41) is 21.0. The number of halogens is 3. The van der Waals surface area contributed by atoms with E-state index in [1.807, 2.05) is 11.8 Å². The van der Waals surface area contributed by atoms with E-state index in [1.165, 1.54) is 0 Å². The topological polar surface area (TPSA) is 66.5 Å². The number of aliphatic hydroxyl groups is 1. The summed E-state index contributed by atoms with van der Waals surface area (Å²) in [5.41, 5.74) is 1.32. The highest BCUT2D eigenvalue weighted by Gasteiger charge is 2.40. The van der Waals surface area contributed by atoms with Gasteiger partial charge in [-0.15, -0.1) is 15.3 Å². The molecule has 1 aliphatic heterocycles. The van der Waals surface area contributed by atoms with Crippen molar-refractivity contribution in [2.75, 3.05) is 24.6 Å². The van der Waals surface area contributed by atoms with E-state index < -0.39 is 12.0 Å². The van der Waals surface area contributed by atoms with Crippen molar-refractivity contribution in [3.8, 4) is 0 Å². The molecule has 1 fully saturated rings. The van der Waals surface area contributed by atoms with E-state index in [2.05, 4.69) is 22.2 Å². The molecule has 138 valence electrons. The van der Waals surface area contributed by atoms with Gasteiger partial charge in [0.15, 0.2) is 11.5 Å². The number of rotatable bonds is 4. The van der Waals surface area contributed by atoms with Crippen LogP contribution in [-0.2, 0) is 6.18 Å². The fourth-order valence-corrected chi connectivity index (χ4v) is 3.65. The Morgan fingerprint density at radius 1 is 1.20 bits per heavy atom. The summed E-state index contributed by atoms with van der Waals surface area (Å²) < 4.78 is 40.3. The molecule has 0 bridgehead atoms. The summed E-state index contributed by atoms with van der Waals surface area (Å²) in [6.45, 7) is 6.93. The molecule has 3 rings (SSSR count). The fraction of sp³-hybridized carbons (Fsp3) is 0.688. The molecule has 1 N–H and O–H groups in total. The third-order valence-corrected chi connectivity index (χ3v) is 5.18. The van der Waals surface area contributed by atoms with Crippen molar-refractivity contribution >= 4 is 11.5 Å². The monoisotopic (exact) mass is 357 g/mol. The zero-order valence-electron chi connectivity index (χ0n) is 14.6. The van der Waals surface area contributed by atoms with Gasteiger partial charge in [0.1, 0.15) is 0 Å². The molecule has 1 aliphatic rings. The van der Waals surface area contributed by atoms with Crippen LogP contribution in [0.3, 0.4) is 0 Å². The van der Waals surface area contributed by atoms with E-state index in [1.54, 1.807) is 6.92 Å². The molecule has 6 nitrogen and oxygen atoms in total. The van der Waals surface area contributed by atoms with E-state index >= 15 is 0 Å². The third kappa shape index (κ3) is 2.94. The van der Waals surface area contributed by atoms with Crippen molar-refractivity contribution in [2.24, 2.45) is 5.41 Å². The molecule has 0 amide bonds. The third-order valence-electron chi connectivity index (χ3n) is 5.18. The van der Waals surface area contributed by atoms with Crippen molar-refractivity contribution in [3.63, 3.8) is 0 Å². The summed E-state index contributed by atoms with van der Waals surface area (Å²) in [6.07, 6.45) is -2.00. The minimum atomic E-state index is -4.62. The van der Waals surface area contributed by atoms with Crippen molar-refractivity contribution in [2.45, 2.75) is 46.2 Å². The molecule has 2 aromatic heterocycles. The summed E-state index contributed by atoms with van der Waals surface area (Å²) in [7, 11) is 0. The van der Waals surface area contributed by atoms with Crippen LogP contribution in [0.25, 0.3) is 5.65 Å². The molecule has 1 saturated heterocycles. The molecule has 0 aromatic carbocycles. The Balaban J connectivity index is 2.07. The highest BCUT2D eigenvalue weighted by Crippen LogP contribution is 2.38. The Morgan fingerprint density at radius 2 is 1.92 bits per heavy atom. The van der Waals surface area contributed by atoms with E-state index in [4.69, 9.17) is 0 Å². The maximum Gasteiger partial charge on any atom is 0.453 e. The highest BCUT2D eigenvalue weighted by molar-refractivity contribution is 5.59. The fourth-order valence-electron chi connectivity index (χ4n) is 3.65. The molecule has 1 unspecified atom stereocenters. The first-order valence-electron chi connectivity index (χ1n) is 8.38. The van der Waals surface area contributed by atoms with Crippen LogP contribution in [0, 0.1) is 19.3 Å². The van der Waals surface area contributed by atoms with Crippen LogP contribution in [-0.4, -0.2) is 44.6 Å². The van der Waals surface area contributed by atoms with Crippen LogP contribution in [0.5, 0.6) is 0 Å². The molecule has 0 saturated carbocycles. The summed E-state index contributed by atoms with van der Waals surface area (Å²) in [6, 6.07) is 0. The highest BCUT2D eigenvalue weighted by atomic mass is 19.4. The van der Waals surface area contributed by atoms with Gasteiger partial charge in [-0.2, -0.15) is 17.7 Å². The second kappa shape index (κ2) is 6.12. The smallest absolute Gasteiger partial charge is 0.396 e. The maximum absolute atomic E-state index is 13.2. The van der Waals surface area contributed by atoms with Crippen LogP contribution in [0.15, 0.2) is 0 Å². The van der Waals surface area contributed by atoms with Crippen LogP contribution in [0.1, 0.15) is 43.1 Å². The lowest BCUT2D eigenvalue weighted by atomic mass is 9.83. The minimum Gasteiger partial charge on any atom is -0.396 e. The number of alkyl halides is 3. The first-order chi connectivity index (χ1) is 11.7. The summed E-state index contributed by atoms with van der Waals surface area (Å²) in [5.74, 6) is -0.616. The zero-order chi connectivity index (χ0) is 18.4. The number of hydrogen-bond acceptors (Lipinski definition) is 5. The number of anilines is 1. The van der Waals surface area contributed by atoms with Gasteiger partial charge in [-0.25, -0.2) is 0 Å². The number of aromatic nitrogens is 4. The van der Waals surface area contributed by atoms with Gasteiger partial charge in [0.2, 0.25) is 0 Å². The Hall–Kier alpha value is -1.90. The lowest BCUT2D eigenvalue weighted by Crippen LogP contribution is -2.31. The largest absolute Gasteiger partial charge is 0.453 e. The normalized spacial score (nSPS) is 21.5. The number of aryl methyl sites for hydroxylation is 1. The number of nitrogens with zero attached hydrogens (tertiary/aromatic N) is 5. The van der Waals surface area contributed by atoms with E-state index in [0.29, 0.717) is 24.5 Å². The second-order valence-corrected chi connectivity index (χ2v) is 6.91. The standard InChI is InChI=1S/C16H22F3N5O/c1-4-5-15(9-25)6-7-23(8-15)13-11(3)10(2)12-20-21-14(16(17,18)19)24(12)22-13/h25H,4-9H2,1-3H3. The average Bonchev–Trinajstić information content (AvgIpc) is 3.15. The Bertz CT molecular complexity index is 788. The number of aliphatic hydroxyl groups excluding tert-OH is 1. The minimum absolute atomic E-state index is 0.0675. The Kier molecular flexibility index (Phi) is 4.38. The van der Waals surface area contributed by atoms with Gasteiger partial charge in [-0.05, 0) is 26.7 Å². The van der Waals surface area contributed by atoms with Crippen LogP contribution >= 0.6 is 0 Å². The maximum atomic E-state index is 13.2. The van der Waals surface area contributed by atoms with Gasteiger partial charge in [0.25, 0.3) is 5.82 Å². The van der Waals surface area contributed by atoms with Crippen molar-refractivity contribution < 1.29 is 18.3 Å². The lowest BCUT2D eigenvalue weighted by Gasteiger charge is -2.27. The summed E-state index contributed by atoms with van der Waals surface area (Å²) in [4.78, 5) is 1.97. The van der Waals surface area contributed by atoms with E-state index in [9.17, 15) is 18.3 Å². The van der Waals surface area contributed by atoms with Gasteiger partial charge in [-0.3, -0.25) is 0 Å². The molecule has 2 aromatic rings. The van der Waals surface area contributed by atoms with Crippen LogP contribution < -0.4 is 4.90 Å². The van der Waals surface area contributed by atoms with Gasteiger partial charge in [0.05, 0.1) is 6.61 Å². The van der Waals surface area contributed by atoms with Gasteiger partial charge in [0, 0.05) is 29.6 Å². The molecule has 25 heavy (non-hydrogen) atoms. The molecule has 1 atom stereocenters. The SMILES string of the molecule is CCCC1(CO)CCN(c2nn3c(C(F)(F)F)nnc3c(C)c2C)C1. The lowest BCUT2D eigenvalue weighted by molar-refractivity contribution is -0.146. The Labute approximate surface area is 143 Å². The average molecular weight is 357 g/mol. The molecule has 9 heteroatoms. The van der Waals surface area contributed by atoms with E-state index in [0.717, 1.165) is 29.3 Å².